The Hall–Kier alpha value is -0.940. The molecule has 3 nitrogen and oxygen atoms in total. The standard InChI is InChI=1S/C14H19NO2S/c1-11(15-6-8-17-9-7-16)14-10-12-4-2-3-5-13(12)18-14/h2-5,10-11,15-16H,6-9H2,1H3. The van der Waals surface area contributed by atoms with Crippen LogP contribution in [0.2, 0.25) is 0 Å². The molecule has 2 N–H and O–H groups in total. The summed E-state index contributed by atoms with van der Waals surface area (Å²) in [6.45, 7) is 4.10. The lowest BCUT2D eigenvalue weighted by Gasteiger charge is -2.11. The van der Waals surface area contributed by atoms with Gasteiger partial charge in [0.15, 0.2) is 0 Å². The van der Waals surface area contributed by atoms with Crippen molar-refractivity contribution >= 4 is 21.4 Å². The lowest BCUT2D eigenvalue weighted by molar-refractivity contribution is 0.0929. The molecule has 18 heavy (non-hydrogen) atoms. The summed E-state index contributed by atoms with van der Waals surface area (Å²) in [4.78, 5) is 1.35. The van der Waals surface area contributed by atoms with Gasteiger partial charge in [0, 0.05) is 22.2 Å². The molecule has 4 heteroatoms. The van der Waals surface area contributed by atoms with E-state index in [1.54, 1.807) is 0 Å². The van der Waals surface area contributed by atoms with Crippen molar-refractivity contribution in [3.05, 3.63) is 35.2 Å². The minimum Gasteiger partial charge on any atom is -0.394 e. The monoisotopic (exact) mass is 265 g/mol. The number of benzene rings is 1. The van der Waals surface area contributed by atoms with Crippen LogP contribution >= 0.6 is 11.3 Å². The van der Waals surface area contributed by atoms with Crippen molar-refractivity contribution in [3.8, 4) is 0 Å². The van der Waals surface area contributed by atoms with Crippen LogP contribution in [0.5, 0.6) is 0 Å². The smallest absolute Gasteiger partial charge is 0.0698 e. The van der Waals surface area contributed by atoms with E-state index in [1.807, 2.05) is 11.3 Å². The first-order valence-corrected chi connectivity index (χ1v) is 7.03. The Morgan fingerprint density at radius 1 is 1.33 bits per heavy atom. The summed E-state index contributed by atoms with van der Waals surface area (Å²) in [5.41, 5.74) is 0. The maximum absolute atomic E-state index is 8.59. The van der Waals surface area contributed by atoms with Crippen LogP contribution in [0.4, 0.5) is 0 Å². The van der Waals surface area contributed by atoms with Gasteiger partial charge in [-0.2, -0.15) is 0 Å². The van der Waals surface area contributed by atoms with Crippen molar-refractivity contribution in [2.45, 2.75) is 13.0 Å². The highest BCUT2D eigenvalue weighted by atomic mass is 32.1. The molecule has 0 spiro atoms. The van der Waals surface area contributed by atoms with Crippen molar-refractivity contribution in [2.75, 3.05) is 26.4 Å². The fourth-order valence-electron chi connectivity index (χ4n) is 1.83. The third-order valence-electron chi connectivity index (χ3n) is 2.80. The van der Waals surface area contributed by atoms with E-state index >= 15 is 0 Å². The van der Waals surface area contributed by atoms with Crippen LogP contribution in [0, 0.1) is 0 Å². The molecule has 0 radical (unpaired) electrons. The first-order valence-electron chi connectivity index (χ1n) is 6.21. The van der Waals surface area contributed by atoms with Crippen LogP contribution in [0.1, 0.15) is 17.8 Å². The number of nitrogens with one attached hydrogen (secondary N) is 1. The minimum atomic E-state index is 0.0892. The zero-order chi connectivity index (χ0) is 12.8. The van der Waals surface area contributed by atoms with Crippen molar-refractivity contribution in [2.24, 2.45) is 0 Å². The number of hydrogen-bond donors (Lipinski definition) is 2. The molecule has 0 saturated carbocycles. The van der Waals surface area contributed by atoms with E-state index in [0.29, 0.717) is 19.3 Å². The second-order valence-electron chi connectivity index (χ2n) is 4.20. The molecule has 2 rings (SSSR count). The molecule has 2 aromatic rings. The van der Waals surface area contributed by atoms with Gasteiger partial charge in [-0.05, 0) is 24.4 Å². The first-order chi connectivity index (χ1) is 8.81. The van der Waals surface area contributed by atoms with Crippen LogP contribution in [0.15, 0.2) is 30.3 Å². The van der Waals surface area contributed by atoms with Crippen LogP contribution < -0.4 is 5.32 Å². The quantitative estimate of drug-likeness (QED) is 0.756. The minimum absolute atomic E-state index is 0.0892. The molecule has 0 aliphatic carbocycles. The number of hydrogen-bond acceptors (Lipinski definition) is 4. The predicted molar refractivity (Wildman–Crippen MR) is 76.1 cm³/mol. The number of aliphatic hydroxyl groups excluding tert-OH is 1. The Labute approximate surface area is 111 Å². The summed E-state index contributed by atoms with van der Waals surface area (Å²) in [5.74, 6) is 0. The van der Waals surface area contributed by atoms with E-state index in [1.165, 1.54) is 15.0 Å². The topological polar surface area (TPSA) is 41.5 Å². The molecule has 1 atom stereocenters. The molecule has 0 saturated heterocycles. The maximum atomic E-state index is 8.59. The highest BCUT2D eigenvalue weighted by Gasteiger charge is 2.08. The van der Waals surface area contributed by atoms with Gasteiger partial charge in [-0.1, -0.05) is 18.2 Å². The van der Waals surface area contributed by atoms with Crippen molar-refractivity contribution in [1.82, 2.24) is 5.32 Å². The molecule has 1 heterocycles. The fraction of sp³-hybridized carbons (Fsp3) is 0.429. The van der Waals surface area contributed by atoms with E-state index in [2.05, 4.69) is 42.6 Å². The number of thiophene rings is 1. The molecule has 1 aromatic carbocycles. The van der Waals surface area contributed by atoms with Crippen molar-refractivity contribution in [1.29, 1.82) is 0 Å². The van der Waals surface area contributed by atoms with Crippen LogP contribution in [-0.4, -0.2) is 31.5 Å². The van der Waals surface area contributed by atoms with Gasteiger partial charge in [-0.25, -0.2) is 0 Å². The molecule has 0 bridgehead atoms. The van der Waals surface area contributed by atoms with Crippen molar-refractivity contribution < 1.29 is 9.84 Å². The highest BCUT2D eigenvalue weighted by Crippen LogP contribution is 2.29. The molecule has 1 aromatic heterocycles. The summed E-state index contributed by atoms with van der Waals surface area (Å²) in [7, 11) is 0. The number of ether oxygens (including phenoxy) is 1. The van der Waals surface area contributed by atoms with E-state index in [0.717, 1.165) is 6.54 Å². The van der Waals surface area contributed by atoms with Crippen LogP contribution in [0.25, 0.3) is 10.1 Å². The average Bonchev–Trinajstić information content (AvgIpc) is 2.82. The summed E-state index contributed by atoms with van der Waals surface area (Å²) < 4.78 is 6.55. The molecule has 98 valence electrons. The molecule has 0 amide bonds. The van der Waals surface area contributed by atoms with Gasteiger partial charge in [0.1, 0.15) is 0 Å². The largest absolute Gasteiger partial charge is 0.394 e. The molecular formula is C14H19NO2S. The average molecular weight is 265 g/mol. The van der Waals surface area contributed by atoms with E-state index in [-0.39, 0.29) is 6.61 Å². The van der Waals surface area contributed by atoms with Crippen molar-refractivity contribution in [3.63, 3.8) is 0 Å². The lowest BCUT2D eigenvalue weighted by Crippen LogP contribution is -2.23. The number of fused-ring (bicyclic) bond motifs is 1. The summed E-state index contributed by atoms with van der Waals surface area (Å²) >= 11 is 1.83. The SMILES string of the molecule is CC(NCCOCCO)c1cc2ccccc2s1. The fourth-order valence-corrected chi connectivity index (χ4v) is 2.92. The second-order valence-corrected chi connectivity index (χ2v) is 5.31. The Bertz CT molecular complexity index is 450. The van der Waals surface area contributed by atoms with E-state index in [4.69, 9.17) is 9.84 Å². The summed E-state index contributed by atoms with van der Waals surface area (Å²) in [6, 6.07) is 11.0. The second kappa shape index (κ2) is 6.85. The molecule has 1 unspecified atom stereocenters. The van der Waals surface area contributed by atoms with Gasteiger partial charge in [0.05, 0.1) is 19.8 Å². The van der Waals surface area contributed by atoms with Gasteiger partial charge in [0.2, 0.25) is 0 Å². The van der Waals surface area contributed by atoms with Crippen LogP contribution in [-0.2, 0) is 4.74 Å². The van der Waals surface area contributed by atoms with Gasteiger partial charge >= 0.3 is 0 Å². The zero-order valence-electron chi connectivity index (χ0n) is 10.6. The first kappa shape index (κ1) is 13.5. The number of rotatable bonds is 7. The van der Waals surface area contributed by atoms with Gasteiger partial charge < -0.3 is 15.2 Å². The molecule has 0 aliphatic rings. The Morgan fingerprint density at radius 2 is 2.17 bits per heavy atom. The summed E-state index contributed by atoms with van der Waals surface area (Å²) in [6.07, 6.45) is 0. The highest BCUT2D eigenvalue weighted by molar-refractivity contribution is 7.19. The Morgan fingerprint density at radius 3 is 2.94 bits per heavy atom. The van der Waals surface area contributed by atoms with E-state index in [9.17, 15) is 0 Å². The third kappa shape index (κ3) is 3.53. The predicted octanol–water partition coefficient (Wildman–Crippen LogP) is 2.56. The molecule has 0 aliphatic heterocycles. The van der Waals surface area contributed by atoms with Crippen LogP contribution in [0.3, 0.4) is 0 Å². The summed E-state index contributed by atoms with van der Waals surface area (Å²) in [5, 5.41) is 13.3. The third-order valence-corrected chi connectivity index (χ3v) is 4.10. The molecular weight excluding hydrogens is 246 g/mol. The van der Waals surface area contributed by atoms with Gasteiger partial charge in [-0.15, -0.1) is 11.3 Å². The zero-order valence-corrected chi connectivity index (χ0v) is 11.4. The normalized spacial score (nSPS) is 13.0. The Kier molecular flexibility index (Phi) is 5.13. The van der Waals surface area contributed by atoms with E-state index < -0.39 is 0 Å². The Balaban J connectivity index is 1.86. The maximum Gasteiger partial charge on any atom is 0.0698 e. The van der Waals surface area contributed by atoms with Gasteiger partial charge in [-0.3, -0.25) is 0 Å². The van der Waals surface area contributed by atoms with Gasteiger partial charge in [0.25, 0.3) is 0 Å². The molecule has 0 fully saturated rings. The number of aliphatic hydroxyl groups is 1. The lowest BCUT2D eigenvalue weighted by atomic mass is 10.2.